The molecule has 0 spiro atoms. The molecule has 0 saturated carbocycles. The van der Waals surface area contributed by atoms with Gasteiger partial charge in [0, 0.05) is 12.2 Å². The van der Waals surface area contributed by atoms with E-state index in [4.69, 9.17) is 12.2 Å². The third-order valence-electron chi connectivity index (χ3n) is 2.26. The molecule has 1 atom stereocenters. The van der Waals surface area contributed by atoms with Crippen LogP contribution < -0.4 is 10.6 Å². The first-order valence-electron chi connectivity index (χ1n) is 5.62. The van der Waals surface area contributed by atoms with Crippen molar-refractivity contribution in [2.24, 2.45) is 0 Å². The quantitative estimate of drug-likeness (QED) is 0.790. The second-order valence-corrected chi connectivity index (χ2v) is 4.41. The van der Waals surface area contributed by atoms with Crippen molar-refractivity contribution in [3.8, 4) is 0 Å². The molecule has 16 heavy (non-hydrogen) atoms. The van der Waals surface area contributed by atoms with Gasteiger partial charge in [-0.05, 0) is 50.2 Å². The number of rotatable bonds is 4. The highest BCUT2D eigenvalue weighted by atomic mass is 32.1. The fraction of sp³-hybridized carbons (Fsp3) is 0.500. The van der Waals surface area contributed by atoms with Crippen LogP contribution in [0.5, 0.6) is 0 Å². The zero-order valence-corrected chi connectivity index (χ0v) is 10.9. The summed E-state index contributed by atoms with van der Waals surface area (Å²) in [5, 5.41) is 6.95. The van der Waals surface area contributed by atoms with Crippen molar-refractivity contribution in [1.29, 1.82) is 0 Å². The zero-order chi connectivity index (χ0) is 12.0. The van der Waals surface area contributed by atoms with Crippen LogP contribution in [-0.4, -0.2) is 16.1 Å². The Morgan fingerprint density at radius 1 is 1.56 bits per heavy atom. The van der Waals surface area contributed by atoms with Crippen molar-refractivity contribution >= 4 is 23.1 Å². The molecule has 1 aromatic rings. The Morgan fingerprint density at radius 2 is 2.31 bits per heavy atom. The van der Waals surface area contributed by atoms with Crippen molar-refractivity contribution in [2.45, 2.75) is 39.7 Å². The standard InChI is InChI=1S/C12H19N3S/c1-4-5-10(3)14-12(16)15-11-8-9(2)6-7-13-11/h6-8,10H,4-5H2,1-3H3,(H2,13,14,15,16). The van der Waals surface area contributed by atoms with Gasteiger partial charge in [-0.3, -0.25) is 0 Å². The van der Waals surface area contributed by atoms with E-state index in [-0.39, 0.29) is 0 Å². The van der Waals surface area contributed by atoms with Crippen LogP contribution in [0, 0.1) is 6.92 Å². The first kappa shape index (κ1) is 12.9. The van der Waals surface area contributed by atoms with Crippen LogP contribution in [0.15, 0.2) is 18.3 Å². The number of nitrogens with zero attached hydrogens (tertiary/aromatic N) is 1. The Labute approximate surface area is 103 Å². The average Bonchev–Trinajstić information content (AvgIpc) is 2.17. The molecule has 0 aliphatic carbocycles. The lowest BCUT2D eigenvalue weighted by atomic mass is 10.2. The van der Waals surface area contributed by atoms with Crippen molar-refractivity contribution in [2.75, 3.05) is 5.32 Å². The fourth-order valence-electron chi connectivity index (χ4n) is 1.49. The topological polar surface area (TPSA) is 37.0 Å². The van der Waals surface area contributed by atoms with Gasteiger partial charge in [-0.15, -0.1) is 0 Å². The summed E-state index contributed by atoms with van der Waals surface area (Å²) in [6.45, 7) is 6.32. The van der Waals surface area contributed by atoms with Gasteiger partial charge in [0.15, 0.2) is 5.11 Å². The highest BCUT2D eigenvalue weighted by Crippen LogP contribution is 2.05. The predicted molar refractivity (Wildman–Crippen MR) is 72.7 cm³/mol. The summed E-state index contributed by atoms with van der Waals surface area (Å²) >= 11 is 5.21. The molecule has 4 heteroatoms. The maximum absolute atomic E-state index is 5.21. The number of hydrogen-bond donors (Lipinski definition) is 2. The molecular weight excluding hydrogens is 218 g/mol. The minimum absolute atomic E-state index is 0.398. The molecule has 0 aliphatic heterocycles. The second kappa shape index (κ2) is 6.43. The van der Waals surface area contributed by atoms with Crippen LogP contribution in [0.4, 0.5) is 5.82 Å². The van der Waals surface area contributed by atoms with Gasteiger partial charge in [-0.2, -0.15) is 0 Å². The lowest BCUT2D eigenvalue weighted by Gasteiger charge is -2.15. The van der Waals surface area contributed by atoms with Gasteiger partial charge in [0.2, 0.25) is 0 Å². The molecular formula is C12H19N3S. The van der Waals surface area contributed by atoms with E-state index in [2.05, 4.69) is 29.5 Å². The van der Waals surface area contributed by atoms with E-state index < -0.39 is 0 Å². The molecule has 0 radical (unpaired) electrons. The number of anilines is 1. The lowest BCUT2D eigenvalue weighted by molar-refractivity contribution is 0.599. The third kappa shape index (κ3) is 4.57. The molecule has 0 aromatic carbocycles. The fourth-order valence-corrected chi connectivity index (χ4v) is 1.79. The van der Waals surface area contributed by atoms with Gasteiger partial charge < -0.3 is 10.6 Å². The molecule has 1 heterocycles. The van der Waals surface area contributed by atoms with E-state index in [9.17, 15) is 0 Å². The number of thiocarbonyl (C=S) groups is 1. The van der Waals surface area contributed by atoms with Crippen molar-refractivity contribution in [3.05, 3.63) is 23.9 Å². The van der Waals surface area contributed by atoms with E-state index in [0.29, 0.717) is 11.2 Å². The third-order valence-corrected chi connectivity index (χ3v) is 2.48. The summed E-state index contributed by atoms with van der Waals surface area (Å²) in [6, 6.07) is 4.33. The molecule has 2 N–H and O–H groups in total. The van der Waals surface area contributed by atoms with Crippen LogP contribution in [-0.2, 0) is 0 Å². The summed E-state index contributed by atoms with van der Waals surface area (Å²) < 4.78 is 0. The minimum atomic E-state index is 0.398. The van der Waals surface area contributed by atoms with E-state index in [0.717, 1.165) is 18.7 Å². The maximum Gasteiger partial charge on any atom is 0.172 e. The summed E-state index contributed by atoms with van der Waals surface area (Å²) in [6.07, 6.45) is 4.04. The van der Waals surface area contributed by atoms with Crippen LogP contribution in [0.25, 0.3) is 0 Å². The molecule has 88 valence electrons. The van der Waals surface area contributed by atoms with Gasteiger partial charge in [0.1, 0.15) is 5.82 Å². The predicted octanol–water partition coefficient (Wildman–Crippen LogP) is 2.87. The van der Waals surface area contributed by atoms with Gasteiger partial charge >= 0.3 is 0 Å². The van der Waals surface area contributed by atoms with Crippen LogP contribution >= 0.6 is 12.2 Å². The zero-order valence-electron chi connectivity index (χ0n) is 10.1. The molecule has 3 nitrogen and oxygen atoms in total. The lowest BCUT2D eigenvalue weighted by Crippen LogP contribution is -2.35. The van der Waals surface area contributed by atoms with Crippen LogP contribution in [0.1, 0.15) is 32.3 Å². The molecule has 0 fully saturated rings. The Morgan fingerprint density at radius 3 is 2.94 bits per heavy atom. The SMILES string of the molecule is CCCC(C)NC(=S)Nc1cc(C)ccn1. The Hall–Kier alpha value is -1.16. The average molecular weight is 237 g/mol. The molecule has 1 rings (SSSR count). The Balaban J connectivity index is 2.45. The minimum Gasteiger partial charge on any atom is -0.360 e. The highest BCUT2D eigenvalue weighted by Gasteiger charge is 2.03. The number of aromatic nitrogens is 1. The highest BCUT2D eigenvalue weighted by molar-refractivity contribution is 7.80. The smallest absolute Gasteiger partial charge is 0.172 e. The monoisotopic (exact) mass is 237 g/mol. The van der Waals surface area contributed by atoms with Crippen molar-refractivity contribution in [1.82, 2.24) is 10.3 Å². The maximum atomic E-state index is 5.21. The number of pyridine rings is 1. The van der Waals surface area contributed by atoms with Gasteiger partial charge in [0.25, 0.3) is 0 Å². The van der Waals surface area contributed by atoms with Crippen LogP contribution in [0.3, 0.4) is 0 Å². The molecule has 0 aliphatic rings. The second-order valence-electron chi connectivity index (χ2n) is 4.01. The normalized spacial score (nSPS) is 11.9. The first-order chi connectivity index (χ1) is 7.61. The van der Waals surface area contributed by atoms with E-state index in [1.54, 1.807) is 6.20 Å². The van der Waals surface area contributed by atoms with Crippen LogP contribution in [0.2, 0.25) is 0 Å². The van der Waals surface area contributed by atoms with Gasteiger partial charge in [-0.25, -0.2) is 4.98 Å². The van der Waals surface area contributed by atoms with E-state index in [1.807, 2.05) is 19.1 Å². The summed E-state index contributed by atoms with van der Waals surface area (Å²) in [5.74, 6) is 0.793. The number of aryl methyl sites for hydroxylation is 1. The number of hydrogen-bond acceptors (Lipinski definition) is 2. The molecule has 0 amide bonds. The Kier molecular flexibility index (Phi) is 5.19. The largest absolute Gasteiger partial charge is 0.360 e. The van der Waals surface area contributed by atoms with E-state index in [1.165, 1.54) is 5.56 Å². The summed E-state index contributed by atoms with van der Waals surface area (Å²) in [7, 11) is 0. The molecule has 0 bridgehead atoms. The van der Waals surface area contributed by atoms with Crippen molar-refractivity contribution in [3.63, 3.8) is 0 Å². The first-order valence-corrected chi connectivity index (χ1v) is 6.02. The van der Waals surface area contributed by atoms with Gasteiger partial charge in [-0.1, -0.05) is 13.3 Å². The molecule has 1 unspecified atom stereocenters. The summed E-state index contributed by atoms with van der Waals surface area (Å²) in [4.78, 5) is 4.19. The van der Waals surface area contributed by atoms with Crippen molar-refractivity contribution < 1.29 is 0 Å². The van der Waals surface area contributed by atoms with Gasteiger partial charge in [0.05, 0.1) is 0 Å². The molecule has 0 saturated heterocycles. The molecule has 1 aromatic heterocycles. The summed E-state index contributed by atoms with van der Waals surface area (Å²) in [5.41, 5.74) is 1.17. The van der Waals surface area contributed by atoms with E-state index >= 15 is 0 Å². The Bertz CT molecular complexity index is 352. The number of nitrogens with one attached hydrogen (secondary N) is 2.